The summed E-state index contributed by atoms with van der Waals surface area (Å²) in [5.41, 5.74) is 0. The van der Waals surface area contributed by atoms with E-state index in [2.05, 4.69) is 0 Å². The van der Waals surface area contributed by atoms with Gasteiger partial charge in [0.1, 0.15) is 0 Å². The van der Waals surface area contributed by atoms with E-state index in [1.54, 1.807) is 54.6 Å². The molecule has 0 spiro atoms. The Hall–Kier alpha value is -1.99. The Morgan fingerprint density at radius 2 is 0.875 bits per heavy atom. The number of rotatable bonds is 4. The van der Waals surface area contributed by atoms with Crippen LogP contribution in [-0.2, 0) is 9.05 Å². The Balaban J connectivity index is 2.51. The van der Waals surface area contributed by atoms with Crippen molar-refractivity contribution in [2.75, 3.05) is 0 Å². The smallest absolute Gasteiger partial charge is 0.00819 e. The van der Waals surface area contributed by atoms with Crippen LogP contribution in [-0.4, -0.2) is 13.3 Å². The number of halogens is 1. The molecular formula is C18H15FO3S2-2. The van der Waals surface area contributed by atoms with Gasteiger partial charge in [-0.3, -0.25) is 4.21 Å². The Kier molecular flexibility index (Phi) is 4.09. The van der Waals surface area contributed by atoms with Gasteiger partial charge in [0.2, 0.25) is 0 Å². The molecular weight excluding hydrogens is 347 g/mol. The first-order valence-electron chi connectivity index (χ1n) is 7.17. The Morgan fingerprint density at radius 1 is 0.625 bits per heavy atom. The van der Waals surface area contributed by atoms with Crippen molar-refractivity contribution in [2.45, 2.75) is 14.7 Å². The highest BCUT2D eigenvalue weighted by molar-refractivity contribution is 8.96. The highest BCUT2D eigenvalue weighted by Crippen LogP contribution is 2.79. The van der Waals surface area contributed by atoms with E-state index in [0.29, 0.717) is 0 Å². The SMILES string of the molecule is O=S([O-])([O-])(F)S(c1ccccc1)(c1ccccc1)c1ccccc1. The minimum Gasteiger partial charge on any atom is -0.768 e. The van der Waals surface area contributed by atoms with E-state index in [9.17, 15) is 17.2 Å². The lowest BCUT2D eigenvalue weighted by atomic mass is 10.4. The lowest BCUT2D eigenvalue weighted by molar-refractivity contribution is 0.332. The van der Waals surface area contributed by atoms with E-state index < -0.39 is 18.1 Å². The number of benzene rings is 3. The summed E-state index contributed by atoms with van der Waals surface area (Å²) >= 11 is 0. The summed E-state index contributed by atoms with van der Waals surface area (Å²) in [6, 6.07) is 23.6. The van der Waals surface area contributed by atoms with Gasteiger partial charge in [-0.15, -0.1) is 0 Å². The molecule has 24 heavy (non-hydrogen) atoms. The molecule has 3 aromatic carbocycles. The van der Waals surface area contributed by atoms with Gasteiger partial charge in [0.15, 0.2) is 0 Å². The fourth-order valence-corrected chi connectivity index (χ4v) is 9.85. The first kappa shape index (κ1) is 16.9. The molecule has 0 aliphatic carbocycles. The maximum absolute atomic E-state index is 14.9. The molecule has 0 saturated heterocycles. The fourth-order valence-electron chi connectivity index (χ4n) is 2.71. The summed E-state index contributed by atoms with van der Waals surface area (Å²) in [5.74, 6) is 0. The van der Waals surface area contributed by atoms with Gasteiger partial charge >= 0.3 is 0 Å². The predicted octanol–water partition coefficient (Wildman–Crippen LogP) is 4.85. The lowest BCUT2D eigenvalue weighted by Gasteiger charge is -2.64. The summed E-state index contributed by atoms with van der Waals surface area (Å²) < 4.78 is 52.3. The molecule has 0 N–H and O–H groups in total. The van der Waals surface area contributed by atoms with Gasteiger partial charge in [-0.25, -0.2) is 0 Å². The third kappa shape index (κ3) is 2.67. The molecule has 126 valence electrons. The Morgan fingerprint density at radius 3 is 1.08 bits per heavy atom. The molecule has 0 aliphatic heterocycles. The average molecular weight is 362 g/mol. The molecule has 0 radical (unpaired) electrons. The zero-order valence-corrected chi connectivity index (χ0v) is 14.2. The second-order valence-corrected chi connectivity index (χ2v) is 12.1. The molecule has 0 amide bonds. The highest BCUT2D eigenvalue weighted by atomic mass is 33.2. The number of hydrogen-bond donors (Lipinski definition) is 0. The molecule has 0 unspecified atom stereocenters. The molecule has 3 aromatic rings. The molecule has 0 atom stereocenters. The van der Waals surface area contributed by atoms with Gasteiger partial charge < -0.3 is 9.11 Å². The van der Waals surface area contributed by atoms with Crippen LogP contribution in [0.4, 0.5) is 3.89 Å². The molecule has 0 saturated carbocycles. The third-order valence-corrected chi connectivity index (χ3v) is 11.4. The zero-order chi connectivity index (χ0) is 17.3. The van der Waals surface area contributed by atoms with Crippen molar-refractivity contribution in [2.24, 2.45) is 0 Å². The molecule has 3 nitrogen and oxygen atoms in total. The summed E-state index contributed by atoms with van der Waals surface area (Å²) in [7, 11) is -10.7. The molecule has 0 aromatic heterocycles. The quantitative estimate of drug-likeness (QED) is 0.492. The molecule has 0 heterocycles. The van der Waals surface area contributed by atoms with Crippen LogP contribution >= 0.6 is 9.06 Å². The third-order valence-electron chi connectivity index (χ3n) is 3.63. The summed E-state index contributed by atoms with van der Waals surface area (Å²) in [4.78, 5) is 0.436. The van der Waals surface area contributed by atoms with Gasteiger partial charge in [-0.2, -0.15) is 3.89 Å². The monoisotopic (exact) mass is 362 g/mol. The van der Waals surface area contributed by atoms with Crippen molar-refractivity contribution in [3.63, 3.8) is 0 Å². The molecule has 0 aliphatic rings. The fraction of sp³-hybridized carbons (Fsp3) is 0. The van der Waals surface area contributed by atoms with Crippen LogP contribution in [0.1, 0.15) is 0 Å². The Bertz CT molecular complexity index is 786. The van der Waals surface area contributed by atoms with Crippen LogP contribution < -0.4 is 0 Å². The van der Waals surface area contributed by atoms with Gasteiger partial charge in [0, 0.05) is 14.7 Å². The minimum absolute atomic E-state index is 0.145. The Labute approximate surface area is 141 Å². The first-order valence-corrected chi connectivity index (χ1v) is 11.0. The van der Waals surface area contributed by atoms with Crippen molar-refractivity contribution in [3.05, 3.63) is 91.0 Å². The first-order chi connectivity index (χ1) is 11.3. The van der Waals surface area contributed by atoms with Crippen molar-refractivity contribution < 1.29 is 17.2 Å². The largest absolute Gasteiger partial charge is 0.768 e. The molecule has 6 heteroatoms. The molecule has 3 rings (SSSR count). The van der Waals surface area contributed by atoms with Crippen LogP contribution in [0.25, 0.3) is 0 Å². The maximum Gasteiger partial charge on any atom is 0.00819 e. The van der Waals surface area contributed by atoms with Crippen molar-refractivity contribution >= 4 is 18.1 Å². The van der Waals surface area contributed by atoms with E-state index in [-0.39, 0.29) is 14.7 Å². The molecule has 0 bridgehead atoms. The van der Waals surface area contributed by atoms with Crippen LogP contribution in [0.5, 0.6) is 0 Å². The second kappa shape index (κ2) is 5.82. The second-order valence-electron chi connectivity index (χ2n) is 5.16. The summed E-state index contributed by atoms with van der Waals surface area (Å²) in [6.07, 6.45) is 0. The van der Waals surface area contributed by atoms with Crippen LogP contribution in [0, 0.1) is 0 Å². The van der Waals surface area contributed by atoms with Crippen molar-refractivity contribution in [3.8, 4) is 0 Å². The normalized spacial score (nSPS) is 14.5. The van der Waals surface area contributed by atoms with Crippen LogP contribution in [0.15, 0.2) is 106 Å². The minimum atomic E-state index is -7.02. The number of hydrogen-bond acceptors (Lipinski definition) is 3. The van der Waals surface area contributed by atoms with Gasteiger partial charge in [0.25, 0.3) is 0 Å². The maximum atomic E-state index is 14.9. The van der Waals surface area contributed by atoms with Crippen molar-refractivity contribution in [1.29, 1.82) is 0 Å². The molecule has 0 fully saturated rings. The van der Waals surface area contributed by atoms with Crippen LogP contribution in [0.3, 0.4) is 0 Å². The van der Waals surface area contributed by atoms with E-state index in [0.717, 1.165) is 0 Å². The van der Waals surface area contributed by atoms with Gasteiger partial charge in [-0.1, -0.05) is 63.7 Å². The van der Waals surface area contributed by atoms with Crippen LogP contribution in [0.2, 0.25) is 0 Å². The highest BCUT2D eigenvalue weighted by Gasteiger charge is 2.42. The van der Waals surface area contributed by atoms with E-state index in [1.165, 1.54) is 36.4 Å². The summed E-state index contributed by atoms with van der Waals surface area (Å²) in [6.45, 7) is 0. The van der Waals surface area contributed by atoms with Gasteiger partial charge in [-0.05, 0) is 45.4 Å². The zero-order valence-electron chi connectivity index (χ0n) is 12.6. The standard InChI is InChI=1S/C18H17FO3S2/c19-24(20,21,22)23(16-10-4-1-5-11-16,17-12-6-2-7-13-17)18-14-8-3-9-15-18/h1-15H,(H2,20,21,22)/p-2. The van der Waals surface area contributed by atoms with E-state index >= 15 is 0 Å². The van der Waals surface area contributed by atoms with E-state index in [1.807, 2.05) is 0 Å². The van der Waals surface area contributed by atoms with Gasteiger partial charge in [0.05, 0.1) is 0 Å². The summed E-state index contributed by atoms with van der Waals surface area (Å²) in [5, 5.41) is 0. The topological polar surface area (TPSA) is 63.2 Å². The van der Waals surface area contributed by atoms with Crippen molar-refractivity contribution in [1.82, 2.24) is 0 Å². The van der Waals surface area contributed by atoms with E-state index in [4.69, 9.17) is 0 Å². The lowest BCUT2D eigenvalue weighted by Crippen LogP contribution is -2.33. The average Bonchev–Trinajstić information content (AvgIpc) is 2.56. The predicted molar refractivity (Wildman–Crippen MR) is 92.5 cm³/mol.